The van der Waals surface area contributed by atoms with Crippen LogP contribution < -0.4 is 10.6 Å². The molecule has 1 aromatic rings. The van der Waals surface area contributed by atoms with Gasteiger partial charge in [-0.05, 0) is 13.5 Å². The molecule has 0 aliphatic heterocycles. The summed E-state index contributed by atoms with van der Waals surface area (Å²) in [5.41, 5.74) is 0. The Morgan fingerprint density at radius 3 is 2.93 bits per heavy atom. The van der Waals surface area contributed by atoms with Gasteiger partial charge in [0.25, 0.3) is 0 Å². The first-order chi connectivity index (χ1) is 7.22. The molecule has 0 saturated carbocycles. The van der Waals surface area contributed by atoms with Crippen LogP contribution in [0.25, 0.3) is 0 Å². The van der Waals surface area contributed by atoms with Gasteiger partial charge in [-0.3, -0.25) is 4.21 Å². The fraction of sp³-hybridized carbons (Fsp3) is 0.750. The van der Waals surface area contributed by atoms with Crippen molar-refractivity contribution in [2.75, 3.05) is 30.9 Å². The lowest BCUT2D eigenvalue weighted by molar-refractivity contribution is 0.489. The molecule has 0 radical (unpaired) electrons. The molecule has 0 amide bonds. The minimum atomic E-state index is -0.738. The molecule has 6 nitrogen and oxygen atoms in total. The summed E-state index contributed by atoms with van der Waals surface area (Å²) in [5.74, 6) is 1.24. The zero-order chi connectivity index (χ0) is 11.1. The van der Waals surface area contributed by atoms with Crippen LogP contribution in [0.2, 0.25) is 0 Å². The molecule has 1 atom stereocenters. The quantitative estimate of drug-likeness (QED) is 0.643. The van der Waals surface area contributed by atoms with Gasteiger partial charge in [0.05, 0.1) is 6.54 Å². The molecule has 0 aliphatic carbocycles. The molecule has 0 aliphatic rings. The lowest BCUT2D eigenvalue weighted by Crippen LogP contribution is -2.06. The number of aromatic nitrogens is 2. The van der Waals surface area contributed by atoms with Crippen LogP contribution in [0.15, 0.2) is 4.42 Å². The molecule has 0 aromatic carbocycles. The monoisotopic (exact) mass is 232 g/mol. The highest BCUT2D eigenvalue weighted by Gasteiger charge is 2.03. The van der Waals surface area contributed by atoms with E-state index in [4.69, 9.17) is 4.42 Å². The fourth-order valence-electron chi connectivity index (χ4n) is 1.02. The van der Waals surface area contributed by atoms with E-state index < -0.39 is 10.8 Å². The average molecular weight is 232 g/mol. The van der Waals surface area contributed by atoms with Gasteiger partial charge < -0.3 is 15.1 Å². The van der Waals surface area contributed by atoms with Crippen molar-refractivity contribution in [3.8, 4) is 0 Å². The Morgan fingerprint density at radius 2 is 2.27 bits per heavy atom. The summed E-state index contributed by atoms with van der Waals surface area (Å²) < 4.78 is 16.0. The van der Waals surface area contributed by atoms with Gasteiger partial charge in [-0.25, -0.2) is 0 Å². The van der Waals surface area contributed by atoms with Crippen LogP contribution >= 0.6 is 0 Å². The number of hydrogen-bond donors (Lipinski definition) is 2. The van der Waals surface area contributed by atoms with E-state index in [2.05, 4.69) is 20.8 Å². The summed E-state index contributed by atoms with van der Waals surface area (Å²) in [6.07, 6.45) is 2.52. The maximum Gasteiger partial charge on any atom is 0.315 e. The molecule has 1 aromatic heterocycles. The van der Waals surface area contributed by atoms with Crippen molar-refractivity contribution in [3.05, 3.63) is 5.89 Å². The van der Waals surface area contributed by atoms with E-state index in [1.807, 2.05) is 7.05 Å². The molecular weight excluding hydrogens is 216 g/mol. The van der Waals surface area contributed by atoms with Crippen LogP contribution in [-0.4, -0.2) is 40.0 Å². The number of nitrogens with zero attached hydrogens (tertiary/aromatic N) is 2. The van der Waals surface area contributed by atoms with Gasteiger partial charge in [-0.1, -0.05) is 5.10 Å². The topological polar surface area (TPSA) is 80.0 Å². The maximum absolute atomic E-state index is 10.8. The van der Waals surface area contributed by atoms with E-state index >= 15 is 0 Å². The molecule has 2 N–H and O–H groups in total. The van der Waals surface area contributed by atoms with E-state index in [0.29, 0.717) is 30.7 Å². The summed E-state index contributed by atoms with van der Waals surface area (Å²) in [6, 6.07) is 0.419. The van der Waals surface area contributed by atoms with Crippen molar-refractivity contribution < 1.29 is 8.63 Å². The van der Waals surface area contributed by atoms with Crippen LogP contribution in [0.4, 0.5) is 6.01 Å². The van der Waals surface area contributed by atoms with Crippen molar-refractivity contribution in [1.82, 2.24) is 15.5 Å². The maximum atomic E-state index is 10.8. The van der Waals surface area contributed by atoms with E-state index in [0.717, 1.165) is 6.42 Å². The first-order valence-corrected chi connectivity index (χ1v) is 6.46. The number of rotatable bonds is 7. The second kappa shape index (κ2) is 6.52. The highest BCUT2D eigenvalue weighted by atomic mass is 32.2. The molecular formula is C8H16N4O2S. The van der Waals surface area contributed by atoms with Crippen LogP contribution in [0.3, 0.4) is 0 Å². The minimum absolute atomic E-state index is 0.419. The standard InChI is InChI=1S/C8H16N4O2S/c1-9-6-7-11-12-8(14-7)10-4-3-5-15(2)13/h9H,3-6H2,1-2H3,(H,10,12). The van der Waals surface area contributed by atoms with Gasteiger partial charge in [0.15, 0.2) is 0 Å². The molecule has 0 fully saturated rings. The number of anilines is 1. The predicted molar refractivity (Wildman–Crippen MR) is 59.1 cm³/mol. The third kappa shape index (κ3) is 4.89. The Balaban J connectivity index is 2.22. The van der Waals surface area contributed by atoms with Crippen LogP contribution in [0.5, 0.6) is 0 Å². The van der Waals surface area contributed by atoms with E-state index in [1.54, 1.807) is 6.26 Å². The summed E-state index contributed by atoms with van der Waals surface area (Å²) in [7, 11) is 1.08. The first kappa shape index (κ1) is 12.1. The van der Waals surface area contributed by atoms with Gasteiger partial charge in [0.1, 0.15) is 0 Å². The molecule has 7 heteroatoms. The SMILES string of the molecule is CNCc1nnc(NCCCS(C)=O)o1. The van der Waals surface area contributed by atoms with E-state index in [-0.39, 0.29) is 0 Å². The highest BCUT2D eigenvalue weighted by molar-refractivity contribution is 7.84. The molecule has 0 bridgehead atoms. The second-order valence-electron chi connectivity index (χ2n) is 3.09. The third-order valence-electron chi connectivity index (χ3n) is 1.68. The van der Waals surface area contributed by atoms with Crippen LogP contribution in [0, 0.1) is 0 Å². The number of hydrogen-bond acceptors (Lipinski definition) is 6. The van der Waals surface area contributed by atoms with Crippen LogP contribution in [0.1, 0.15) is 12.3 Å². The van der Waals surface area contributed by atoms with Gasteiger partial charge in [0.2, 0.25) is 5.89 Å². The third-order valence-corrected chi connectivity index (χ3v) is 2.54. The zero-order valence-corrected chi connectivity index (χ0v) is 9.76. The predicted octanol–water partition coefficient (Wildman–Crippen LogP) is -0.0305. The van der Waals surface area contributed by atoms with Crippen molar-refractivity contribution >= 4 is 16.8 Å². The summed E-state index contributed by atoms with van der Waals surface area (Å²) in [4.78, 5) is 0. The Kier molecular flexibility index (Phi) is 5.27. The van der Waals surface area contributed by atoms with Crippen molar-refractivity contribution in [2.24, 2.45) is 0 Å². The molecule has 1 rings (SSSR count). The first-order valence-electron chi connectivity index (χ1n) is 4.73. The number of nitrogens with one attached hydrogen (secondary N) is 2. The summed E-state index contributed by atoms with van der Waals surface area (Å²) in [6.45, 7) is 1.26. The second-order valence-corrected chi connectivity index (χ2v) is 4.64. The van der Waals surface area contributed by atoms with Gasteiger partial charge in [0, 0.05) is 29.4 Å². The Bertz CT molecular complexity index is 315. The molecule has 0 saturated heterocycles. The Labute approximate surface area is 91.3 Å². The van der Waals surface area contributed by atoms with Crippen molar-refractivity contribution in [2.45, 2.75) is 13.0 Å². The van der Waals surface area contributed by atoms with Crippen LogP contribution in [-0.2, 0) is 17.3 Å². The zero-order valence-electron chi connectivity index (χ0n) is 8.95. The van der Waals surface area contributed by atoms with Crippen molar-refractivity contribution in [1.29, 1.82) is 0 Å². The Hall–Kier alpha value is -0.950. The van der Waals surface area contributed by atoms with E-state index in [1.165, 1.54) is 0 Å². The summed E-state index contributed by atoms with van der Waals surface area (Å²) >= 11 is 0. The fourth-order valence-corrected chi connectivity index (χ4v) is 1.57. The van der Waals surface area contributed by atoms with Crippen molar-refractivity contribution in [3.63, 3.8) is 0 Å². The summed E-state index contributed by atoms with van der Waals surface area (Å²) in [5, 5.41) is 13.5. The Morgan fingerprint density at radius 1 is 1.47 bits per heavy atom. The normalized spacial score (nSPS) is 12.7. The van der Waals surface area contributed by atoms with Gasteiger partial charge in [-0.15, -0.1) is 5.10 Å². The minimum Gasteiger partial charge on any atom is -0.407 e. The van der Waals surface area contributed by atoms with E-state index in [9.17, 15) is 4.21 Å². The average Bonchev–Trinajstić information content (AvgIpc) is 2.61. The molecule has 0 spiro atoms. The molecule has 15 heavy (non-hydrogen) atoms. The molecule has 1 heterocycles. The lowest BCUT2D eigenvalue weighted by Gasteiger charge is -1.98. The highest BCUT2D eigenvalue weighted by Crippen LogP contribution is 2.04. The molecule has 1 unspecified atom stereocenters. The lowest BCUT2D eigenvalue weighted by atomic mass is 10.5. The smallest absolute Gasteiger partial charge is 0.315 e. The largest absolute Gasteiger partial charge is 0.407 e. The van der Waals surface area contributed by atoms with Gasteiger partial charge in [-0.2, -0.15) is 0 Å². The molecule has 86 valence electrons. The van der Waals surface area contributed by atoms with Gasteiger partial charge >= 0.3 is 6.01 Å².